The number of benzene rings is 1. The third kappa shape index (κ3) is 4.94. The standard InChI is InChI=1S/C24H29ClFN5O3/c1-15-8-7-10-18(26)19(15)30-13-16-12-27-21(25)28-20(16)31(22(30)32)17-9-5-6-11-29(14-17)23(33)34-24(2,3)4/h7-8,10,12,17H,5-6,9,11,13-14H2,1-4H3/t17-/m0/s1. The minimum Gasteiger partial charge on any atom is -0.444 e. The molecule has 182 valence electrons. The second-order valence-electron chi connectivity index (χ2n) is 9.71. The lowest BCUT2D eigenvalue weighted by molar-refractivity contribution is 0.0249. The first-order chi connectivity index (χ1) is 16.0. The van der Waals surface area contributed by atoms with Gasteiger partial charge in [-0.2, -0.15) is 4.98 Å². The van der Waals surface area contributed by atoms with Crippen molar-refractivity contribution in [1.29, 1.82) is 0 Å². The largest absolute Gasteiger partial charge is 0.444 e. The van der Waals surface area contributed by atoms with E-state index in [0.29, 0.717) is 29.9 Å². The number of rotatable bonds is 2. The molecule has 2 aliphatic rings. The summed E-state index contributed by atoms with van der Waals surface area (Å²) in [6.45, 7) is 8.13. The van der Waals surface area contributed by atoms with Crippen LogP contribution in [0.2, 0.25) is 5.28 Å². The van der Waals surface area contributed by atoms with Crippen LogP contribution in [0, 0.1) is 12.7 Å². The molecule has 10 heteroatoms. The molecule has 0 bridgehead atoms. The summed E-state index contributed by atoms with van der Waals surface area (Å²) in [5.74, 6) is -0.0887. The maximum absolute atomic E-state index is 14.9. The number of nitrogens with zero attached hydrogens (tertiary/aromatic N) is 5. The Morgan fingerprint density at radius 2 is 2.03 bits per heavy atom. The average Bonchev–Trinajstić information content (AvgIpc) is 2.99. The van der Waals surface area contributed by atoms with Crippen LogP contribution in [0.1, 0.15) is 51.2 Å². The SMILES string of the molecule is Cc1cccc(F)c1N1Cc2cnc(Cl)nc2N([C@H]2CCCCN(C(=O)OC(C)(C)C)C2)C1=O. The van der Waals surface area contributed by atoms with Crippen LogP contribution < -0.4 is 9.80 Å². The predicted molar refractivity (Wildman–Crippen MR) is 128 cm³/mol. The number of para-hydroxylation sites is 1. The maximum Gasteiger partial charge on any atom is 0.410 e. The molecule has 1 aromatic carbocycles. The van der Waals surface area contributed by atoms with E-state index in [1.54, 1.807) is 35.1 Å². The third-order valence-corrected chi connectivity index (χ3v) is 6.11. The van der Waals surface area contributed by atoms with Crippen LogP contribution in [0.15, 0.2) is 24.4 Å². The van der Waals surface area contributed by atoms with E-state index in [-0.39, 0.29) is 30.1 Å². The molecule has 1 saturated heterocycles. The Kier molecular flexibility index (Phi) is 6.66. The highest BCUT2D eigenvalue weighted by Crippen LogP contribution is 2.36. The van der Waals surface area contributed by atoms with Gasteiger partial charge in [0.05, 0.1) is 18.3 Å². The minimum absolute atomic E-state index is 0.0182. The fourth-order valence-electron chi connectivity index (χ4n) is 4.45. The lowest BCUT2D eigenvalue weighted by atomic mass is 10.1. The Balaban J connectivity index is 1.73. The summed E-state index contributed by atoms with van der Waals surface area (Å²) < 4.78 is 20.5. The smallest absolute Gasteiger partial charge is 0.410 e. The van der Waals surface area contributed by atoms with E-state index in [1.807, 2.05) is 20.8 Å². The number of ether oxygens (including phenoxy) is 1. The number of halogens is 2. The monoisotopic (exact) mass is 489 g/mol. The van der Waals surface area contributed by atoms with Crippen LogP contribution in [0.25, 0.3) is 0 Å². The Morgan fingerprint density at radius 1 is 1.26 bits per heavy atom. The quantitative estimate of drug-likeness (QED) is 0.534. The third-order valence-electron chi connectivity index (χ3n) is 5.93. The molecule has 3 heterocycles. The van der Waals surface area contributed by atoms with Gasteiger partial charge in [0.15, 0.2) is 0 Å². The number of anilines is 2. The maximum atomic E-state index is 14.9. The molecule has 1 aromatic heterocycles. The number of hydrogen-bond donors (Lipinski definition) is 0. The summed E-state index contributed by atoms with van der Waals surface area (Å²) in [5, 5.41) is 0.0182. The van der Waals surface area contributed by atoms with Crippen LogP contribution in [0.4, 0.5) is 25.5 Å². The van der Waals surface area contributed by atoms with E-state index in [0.717, 1.165) is 12.8 Å². The molecule has 0 spiro atoms. The van der Waals surface area contributed by atoms with Crippen LogP contribution in [-0.2, 0) is 11.3 Å². The van der Waals surface area contributed by atoms with E-state index in [1.165, 1.54) is 11.0 Å². The molecule has 1 fully saturated rings. The number of amides is 3. The first-order valence-corrected chi connectivity index (χ1v) is 11.8. The molecular weight excluding hydrogens is 461 g/mol. The number of carbonyl (C=O) groups is 2. The molecule has 0 saturated carbocycles. The molecule has 4 rings (SSSR count). The van der Waals surface area contributed by atoms with Gasteiger partial charge in [-0.15, -0.1) is 0 Å². The molecule has 0 aliphatic carbocycles. The van der Waals surface area contributed by atoms with E-state index in [9.17, 15) is 14.0 Å². The van der Waals surface area contributed by atoms with Crippen LogP contribution in [-0.4, -0.2) is 51.7 Å². The lowest BCUT2D eigenvalue weighted by Gasteiger charge is -2.41. The van der Waals surface area contributed by atoms with Crippen molar-refractivity contribution in [3.8, 4) is 0 Å². The molecule has 34 heavy (non-hydrogen) atoms. The summed E-state index contributed by atoms with van der Waals surface area (Å²) in [6.07, 6.45) is 3.38. The van der Waals surface area contributed by atoms with Gasteiger partial charge in [-0.3, -0.25) is 9.80 Å². The molecule has 3 amide bonds. The average molecular weight is 490 g/mol. The number of carbonyl (C=O) groups excluding carboxylic acids is 2. The second kappa shape index (κ2) is 9.37. The van der Waals surface area contributed by atoms with Gasteiger partial charge < -0.3 is 9.64 Å². The van der Waals surface area contributed by atoms with E-state index >= 15 is 0 Å². The fourth-order valence-corrected chi connectivity index (χ4v) is 4.58. The number of urea groups is 1. The molecule has 0 N–H and O–H groups in total. The zero-order valence-electron chi connectivity index (χ0n) is 19.8. The second-order valence-corrected chi connectivity index (χ2v) is 10.0. The van der Waals surface area contributed by atoms with Gasteiger partial charge in [-0.1, -0.05) is 12.1 Å². The van der Waals surface area contributed by atoms with Gasteiger partial charge in [-0.05, 0) is 70.2 Å². The molecule has 2 aromatic rings. The molecule has 0 unspecified atom stereocenters. The first-order valence-electron chi connectivity index (χ1n) is 11.4. The predicted octanol–water partition coefficient (Wildman–Crippen LogP) is 5.31. The number of hydrogen-bond acceptors (Lipinski definition) is 5. The van der Waals surface area contributed by atoms with Crippen molar-refractivity contribution >= 4 is 35.2 Å². The summed E-state index contributed by atoms with van der Waals surface area (Å²) in [4.78, 5) is 39.7. The Morgan fingerprint density at radius 3 is 2.74 bits per heavy atom. The topological polar surface area (TPSA) is 78.9 Å². The molecule has 8 nitrogen and oxygen atoms in total. The van der Waals surface area contributed by atoms with Gasteiger partial charge in [0.2, 0.25) is 5.28 Å². The van der Waals surface area contributed by atoms with Crippen molar-refractivity contribution in [3.05, 3.63) is 46.6 Å². The van der Waals surface area contributed by atoms with Crippen molar-refractivity contribution in [2.75, 3.05) is 22.9 Å². The van der Waals surface area contributed by atoms with Gasteiger partial charge in [-0.25, -0.2) is 19.0 Å². The minimum atomic E-state index is -0.633. The molecule has 2 aliphatic heterocycles. The zero-order chi connectivity index (χ0) is 24.6. The highest BCUT2D eigenvalue weighted by atomic mass is 35.5. The van der Waals surface area contributed by atoms with Gasteiger partial charge in [0, 0.05) is 24.8 Å². The first kappa shape index (κ1) is 24.2. The van der Waals surface area contributed by atoms with Crippen molar-refractivity contribution in [3.63, 3.8) is 0 Å². The van der Waals surface area contributed by atoms with E-state index in [2.05, 4.69) is 9.97 Å². The number of aromatic nitrogens is 2. The summed E-state index contributed by atoms with van der Waals surface area (Å²) in [5.41, 5.74) is 0.880. The summed E-state index contributed by atoms with van der Waals surface area (Å²) in [7, 11) is 0. The zero-order valence-corrected chi connectivity index (χ0v) is 20.6. The van der Waals surface area contributed by atoms with E-state index in [4.69, 9.17) is 16.3 Å². The fraction of sp³-hybridized carbons (Fsp3) is 0.500. The summed E-state index contributed by atoms with van der Waals surface area (Å²) >= 11 is 6.10. The Labute approximate surface area is 203 Å². The molecule has 0 radical (unpaired) electrons. The number of fused-ring (bicyclic) bond motifs is 1. The molecule has 1 atom stereocenters. The van der Waals surface area contributed by atoms with Crippen molar-refractivity contribution in [1.82, 2.24) is 14.9 Å². The lowest BCUT2D eigenvalue weighted by Crippen LogP contribution is -2.56. The Bertz CT molecular complexity index is 1090. The van der Waals surface area contributed by atoms with Gasteiger partial charge in [0.1, 0.15) is 17.2 Å². The number of aryl methyl sites for hydroxylation is 1. The highest BCUT2D eigenvalue weighted by Gasteiger charge is 2.40. The highest BCUT2D eigenvalue weighted by molar-refractivity contribution is 6.28. The molecular formula is C24H29ClFN5O3. The van der Waals surface area contributed by atoms with Crippen LogP contribution in [0.5, 0.6) is 0 Å². The summed E-state index contributed by atoms with van der Waals surface area (Å²) in [6, 6.07) is 3.92. The number of likely N-dealkylation sites (tertiary alicyclic amines) is 1. The van der Waals surface area contributed by atoms with Crippen LogP contribution in [0.3, 0.4) is 0 Å². The van der Waals surface area contributed by atoms with Gasteiger partial charge in [0.25, 0.3) is 0 Å². The van der Waals surface area contributed by atoms with E-state index < -0.39 is 23.5 Å². The van der Waals surface area contributed by atoms with Crippen molar-refractivity contribution in [2.45, 2.75) is 65.1 Å². The van der Waals surface area contributed by atoms with Crippen molar-refractivity contribution < 1.29 is 18.7 Å². The van der Waals surface area contributed by atoms with Crippen LogP contribution >= 0.6 is 11.6 Å². The Hall–Kier alpha value is -2.94. The normalized spacial score (nSPS) is 19.1. The van der Waals surface area contributed by atoms with Gasteiger partial charge >= 0.3 is 12.1 Å². The van der Waals surface area contributed by atoms with Crippen molar-refractivity contribution in [2.24, 2.45) is 0 Å².